The van der Waals surface area contributed by atoms with E-state index in [2.05, 4.69) is 36.2 Å². The van der Waals surface area contributed by atoms with Gasteiger partial charge in [-0.25, -0.2) is 4.98 Å². The first-order valence-corrected chi connectivity index (χ1v) is 7.47. The molecule has 0 unspecified atom stereocenters. The van der Waals surface area contributed by atoms with E-state index in [1.165, 1.54) is 11.1 Å². The van der Waals surface area contributed by atoms with Gasteiger partial charge in [0, 0.05) is 32.3 Å². The minimum atomic E-state index is 0.0490. The SMILES string of the molecule is Cc1cccc([C@H]2CCCN(C(=O)c3cn(C)cn3)C2)c1. The average molecular weight is 283 g/mol. The molecule has 4 heteroatoms. The normalized spacial score (nSPS) is 18.8. The first-order chi connectivity index (χ1) is 10.1. The van der Waals surface area contributed by atoms with Crippen molar-refractivity contribution in [2.24, 2.45) is 7.05 Å². The number of likely N-dealkylation sites (tertiary alicyclic amines) is 1. The number of hydrogen-bond acceptors (Lipinski definition) is 2. The van der Waals surface area contributed by atoms with Crippen molar-refractivity contribution in [2.45, 2.75) is 25.7 Å². The van der Waals surface area contributed by atoms with Gasteiger partial charge in [0.2, 0.25) is 0 Å². The minimum absolute atomic E-state index is 0.0490. The van der Waals surface area contributed by atoms with Crippen molar-refractivity contribution in [3.63, 3.8) is 0 Å². The molecule has 1 aliphatic rings. The van der Waals surface area contributed by atoms with Gasteiger partial charge in [-0.2, -0.15) is 0 Å². The van der Waals surface area contributed by atoms with Crippen LogP contribution in [0.3, 0.4) is 0 Å². The number of carbonyl (C=O) groups is 1. The molecule has 1 fully saturated rings. The second kappa shape index (κ2) is 5.72. The standard InChI is InChI=1S/C17H21N3O/c1-13-5-3-6-14(9-13)15-7-4-8-20(10-15)17(21)16-11-19(2)12-18-16/h3,5-6,9,11-12,15H,4,7-8,10H2,1-2H3/t15-/m0/s1. The van der Waals surface area contributed by atoms with Gasteiger partial charge in [0.15, 0.2) is 0 Å². The number of amides is 1. The topological polar surface area (TPSA) is 38.1 Å². The van der Waals surface area contributed by atoms with Gasteiger partial charge in [-0.15, -0.1) is 0 Å². The van der Waals surface area contributed by atoms with Gasteiger partial charge < -0.3 is 9.47 Å². The molecule has 1 amide bonds. The van der Waals surface area contributed by atoms with Crippen LogP contribution < -0.4 is 0 Å². The van der Waals surface area contributed by atoms with Crippen molar-refractivity contribution in [1.82, 2.24) is 14.5 Å². The van der Waals surface area contributed by atoms with Gasteiger partial charge in [0.05, 0.1) is 6.33 Å². The van der Waals surface area contributed by atoms with E-state index in [0.29, 0.717) is 11.6 Å². The highest BCUT2D eigenvalue weighted by Crippen LogP contribution is 2.28. The molecule has 2 aromatic rings. The zero-order chi connectivity index (χ0) is 14.8. The van der Waals surface area contributed by atoms with Crippen LogP contribution in [0, 0.1) is 6.92 Å². The summed E-state index contributed by atoms with van der Waals surface area (Å²) in [6.45, 7) is 3.74. The molecule has 0 saturated carbocycles. The number of benzene rings is 1. The van der Waals surface area contributed by atoms with Crippen LogP contribution in [0.5, 0.6) is 0 Å². The van der Waals surface area contributed by atoms with Gasteiger partial charge in [-0.05, 0) is 25.3 Å². The third kappa shape index (κ3) is 2.99. The summed E-state index contributed by atoms with van der Waals surface area (Å²) in [6, 6.07) is 8.62. The van der Waals surface area contributed by atoms with Gasteiger partial charge >= 0.3 is 0 Å². The van der Waals surface area contributed by atoms with Crippen LogP contribution in [0.25, 0.3) is 0 Å². The zero-order valence-electron chi connectivity index (χ0n) is 12.6. The van der Waals surface area contributed by atoms with Crippen LogP contribution in [0.15, 0.2) is 36.8 Å². The summed E-state index contributed by atoms with van der Waals surface area (Å²) in [7, 11) is 1.88. The predicted octanol–water partition coefficient (Wildman–Crippen LogP) is 2.75. The van der Waals surface area contributed by atoms with E-state index in [-0.39, 0.29) is 5.91 Å². The Kier molecular flexibility index (Phi) is 3.78. The third-order valence-corrected chi connectivity index (χ3v) is 4.15. The number of imidazole rings is 1. The molecule has 21 heavy (non-hydrogen) atoms. The summed E-state index contributed by atoms with van der Waals surface area (Å²) >= 11 is 0. The molecule has 4 nitrogen and oxygen atoms in total. The number of aryl methyl sites for hydroxylation is 2. The number of piperidine rings is 1. The molecule has 1 aliphatic heterocycles. The number of aromatic nitrogens is 2. The molecule has 0 N–H and O–H groups in total. The Morgan fingerprint density at radius 1 is 1.38 bits per heavy atom. The summed E-state index contributed by atoms with van der Waals surface area (Å²) in [5, 5.41) is 0. The lowest BCUT2D eigenvalue weighted by atomic mass is 9.90. The van der Waals surface area contributed by atoms with E-state index in [4.69, 9.17) is 0 Å². The van der Waals surface area contributed by atoms with E-state index >= 15 is 0 Å². The predicted molar refractivity (Wildman–Crippen MR) is 82.3 cm³/mol. The van der Waals surface area contributed by atoms with Gasteiger partial charge in [-0.1, -0.05) is 29.8 Å². The lowest BCUT2D eigenvalue weighted by Crippen LogP contribution is -2.39. The van der Waals surface area contributed by atoms with Crippen molar-refractivity contribution in [3.8, 4) is 0 Å². The lowest BCUT2D eigenvalue weighted by molar-refractivity contribution is 0.0701. The minimum Gasteiger partial charge on any atom is -0.340 e. The molecular weight excluding hydrogens is 262 g/mol. The summed E-state index contributed by atoms with van der Waals surface area (Å²) < 4.78 is 1.81. The first-order valence-electron chi connectivity index (χ1n) is 7.47. The van der Waals surface area contributed by atoms with Crippen molar-refractivity contribution in [3.05, 3.63) is 53.6 Å². The zero-order valence-corrected chi connectivity index (χ0v) is 12.6. The molecule has 0 aliphatic carbocycles. The van der Waals surface area contributed by atoms with Crippen molar-refractivity contribution in [1.29, 1.82) is 0 Å². The van der Waals surface area contributed by atoms with Crippen LogP contribution in [0.4, 0.5) is 0 Å². The number of hydrogen-bond donors (Lipinski definition) is 0. The smallest absolute Gasteiger partial charge is 0.274 e. The van der Waals surface area contributed by atoms with Crippen LogP contribution in [-0.4, -0.2) is 33.4 Å². The number of rotatable bonds is 2. The Morgan fingerprint density at radius 2 is 2.24 bits per heavy atom. The first kappa shape index (κ1) is 13.9. The molecule has 0 bridgehead atoms. The average Bonchev–Trinajstić information content (AvgIpc) is 2.93. The lowest BCUT2D eigenvalue weighted by Gasteiger charge is -2.32. The molecule has 3 rings (SSSR count). The fourth-order valence-electron chi connectivity index (χ4n) is 3.04. The number of carbonyl (C=O) groups excluding carboxylic acids is 1. The highest BCUT2D eigenvalue weighted by molar-refractivity contribution is 5.92. The van der Waals surface area contributed by atoms with E-state index in [0.717, 1.165) is 25.9 Å². The Balaban J connectivity index is 1.75. The fourth-order valence-corrected chi connectivity index (χ4v) is 3.04. The molecule has 0 spiro atoms. The summed E-state index contributed by atoms with van der Waals surface area (Å²) in [4.78, 5) is 18.6. The highest BCUT2D eigenvalue weighted by atomic mass is 16.2. The summed E-state index contributed by atoms with van der Waals surface area (Å²) in [6.07, 6.45) is 5.67. The van der Waals surface area contributed by atoms with E-state index in [9.17, 15) is 4.79 Å². The molecular formula is C17H21N3O. The Labute approximate surface area is 125 Å². The molecule has 1 aromatic heterocycles. The largest absolute Gasteiger partial charge is 0.340 e. The molecule has 1 aromatic carbocycles. The Morgan fingerprint density at radius 3 is 2.95 bits per heavy atom. The Bertz CT molecular complexity index is 647. The maximum absolute atomic E-state index is 12.5. The fraction of sp³-hybridized carbons (Fsp3) is 0.412. The van der Waals surface area contributed by atoms with E-state index < -0.39 is 0 Å². The van der Waals surface area contributed by atoms with E-state index in [1.807, 2.05) is 16.5 Å². The maximum atomic E-state index is 12.5. The third-order valence-electron chi connectivity index (χ3n) is 4.15. The molecule has 2 heterocycles. The van der Waals surface area contributed by atoms with Crippen LogP contribution >= 0.6 is 0 Å². The van der Waals surface area contributed by atoms with Gasteiger partial charge in [0.1, 0.15) is 5.69 Å². The number of nitrogens with zero attached hydrogens (tertiary/aromatic N) is 3. The van der Waals surface area contributed by atoms with Crippen LogP contribution in [0.2, 0.25) is 0 Å². The van der Waals surface area contributed by atoms with Crippen molar-refractivity contribution in [2.75, 3.05) is 13.1 Å². The van der Waals surface area contributed by atoms with Crippen molar-refractivity contribution < 1.29 is 4.79 Å². The molecule has 110 valence electrons. The Hall–Kier alpha value is -2.10. The summed E-state index contributed by atoms with van der Waals surface area (Å²) in [5.74, 6) is 0.485. The quantitative estimate of drug-likeness (QED) is 0.850. The van der Waals surface area contributed by atoms with Crippen LogP contribution in [0.1, 0.15) is 40.4 Å². The molecule has 0 radical (unpaired) electrons. The summed E-state index contributed by atoms with van der Waals surface area (Å²) in [5.41, 5.74) is 3.16. The molecule has 1 saturated heterocycles. The van der Waals surface area contributed by atoms with E-state index in [1.54, 1.807) is 12.5 Å². The highest BCUT2D eigenvalue weighted by Gasteiger charge is 2.26. The second-order valence-electron chi connectivity index (χ2n) is 5.93. The van der Waals surface area contributed by atoms with Crippen LogP contribution in [-0.2, 0) is 7.05 Å². The van der Waals surface area contributed by atoms with Crippen molar-refractivity contribution >= 4 is 5.91 Å². The monoisotopic (exact) mass is 283 g/mol. The van der Waals surface area contributed by atoms with Gasteiger partial charge in [-0.3, -0.25) is 4.79 Å². The molecule has 1 atom stereocenters. The van der Waals surface area contributed by atoms with Gasteiger partial charge in [0.25, 0.3) is 5.91 Å². The maximum Gasteiger partial charge on any atom is 0.274 e. The second-order valence-corrected chi connectivity index (χ2v) is 5.93.